The van der Waals surface area contributed by atoms with E-state index in [0.29, 0.717) is 25.9 Å². The molecule has 1 heterocycles. The number of allylic oxidation sites excluding steroid dienone is 11. The summed E-state index contributed by atoms with van der Waals surface area (Å²) in [5, 5.41) is 54.0. The van der Waals surface area contributed by atoms with Crippen LogP contribution in [0.4, 0.5) is 0 Å². The second kappa shape index (κ2) is 42.7. The van der Waals surface area contributed by atoms with Crippen molar-refractivity contribution in [2.75, 3.05) is 19.8 Å². The van der Waals surface area contributed by atoms with E-state index >= 15 is 0 Å². The van der Waals surface area contributed by atoms with Gasteiger partial charge in [0.05, 0.1) is 32.0 Å². The van der Waals surface area contributed by atoms with Crippen molar-refractivity contribution >= 4 is 11.9 Å². The van der Waals surface area contributed by atoms with Crippen molar-refractivity contribution in [3.63, 3.8) is 0 Å². The largest absolute Gasteiger partial charge is 0.466 e. The van der Waals surface area contributed by atoms with Crippen LogP contribution in [0.15, 0.2) is 72.9 Å². The lowest BCUT2D eigenvalue weighted by molar-refractivity contribution is -0.302. The van der Waals surface area contributed by atoms with Gasteiger partial charge in [0.25, 0.3) is 0 Å². The van der Waals surface area contributed by atoms with Crippen molar-refractivity contribution in [2.45, 2.75) is 230 Å². The van der Waals surface area contributed by atoms with Gasteiger partial charge in [0.15, 0.2) is 6.29 Å². The minimum absolute atomic E-state index is 0.0749. The Hall–Kier alpha value is -2.90. The van der Waals surface area contributed by atoms with Gasteiger partial charge in [-0.15, -0.1) is 0 Å². The number of hydrogen-bond acceptors (Lipinski definition) is 10. The molecule has 1 rings (SSSR count). The number of unbranched alkanes of at least 4 members (excludes halogenated alkanes) is 18. The second-order valence-electron chi connectivity index (χ2n) is 17.1. The van der Waals surface area contributed by atoms with Crippen molar-refractivity contribution in [3.05, 3.63) is 72.9 Å². The topological polar surface area (TPSA) is 175 Å². The molecule has 7 unspecified atom stereocenters. The highest BCUT2D eigenvalue weighted by molar-refractivity contribution is 5.76. The van der Waals surface area contributed by atoms with E-state index in [1.165, 1.54) is 51.4 Å². The molecule has 1 aliphatic rings. The summed E-state index contributed by atoms with van der Waals surface area (Å²) in [5.41, 5.74) is 0. The molecule has 0 radical (unpaired) electrons. The van der Waals surface area contributed by atoms with Gasteiger partial charge in [0.1, 0.15) is 24.4 Å². The van der Waals surface area contributed by atoms with Crippen LogP contribution in [0.25, 0.3) is 0 Å². The molecule has 0 aromatic rings. The SMILES string of the molecule is C/C=C/CC/C=C/CC/C=C/C(O)C(COC1OC(CO)C(O)C(O)C1O)NC(=O)CCCCCCC/C=C\CCCCOC(=O)CCCCCCC/C=C\C/C=C\CCCCCC. The van der Waals surface area contributed by atoms with Crippen molar-refractivity contribution in [3.8, 4) is 0 Å². The molecule has 1 fully saturated rings. The molecule has 0 bridgehead atoms. The number of hydrogen-bond donors (Lipinski definition) is 6. The van der Waals surface area contributed by atoms with Gasteiger partial charge in [-0.3, -0.25) is 9.59 Å². The van der Waals surface area contributed by atoms with Crippen LogP contribution in [0.3, 0.4) is 0 Å². The number of ether oxygens (including phenoxy) is 3. The highest BCUT2D eigenvalue weighted by atomic mass is 16.7. The van der Waals surface area contributed by atoms with Crippen LogP contribution in [0.2, 0.25) is 0 Å². The van der Waals surface area contributed by atoms with Crippen LogP contribution in [0.5, 0.6) is 0 Å². The van der Waals surface area contributed by atoms with Crippen LogP contribution < -0.4 is 5.32 Å². The average molecular weight is 902 g/mol. The molecule has 0 spiro atoms. The Morgan fingerprint density at radius 2 is 1.12 bits per heavy atom. The highest BCUT2D eigenvalue weighted by Crippen LogP contribution is 2.22. The number of rotatable bonds is 41. The monoisotopic (exact) mass is 902 g/mol. The fourth-order valence-electron chi connectivity index (χ4n) is 7.26. The van der Waals surface area contributed by atoms with Gasteiger partial charge in [0.2, 0.25) is 5.91 Å². The Labute approximate surface area is 388 Å². The fourth-order valence-corrected chi connectivity index (χ4v) is 7.26. The predicted molar refractivity (Wildman–Crippen MR) is 259 cm³/mol. The lowest BCUT2D eigenvalue weighted by Crippen LogP contribution is -2.60. The normalized spacial score (nSPS) is 20.5. The summed E-state index contributed by atoms with van der Waals surface area (Å²) in [6.07, 6.45) is 44.4. The Bertz CT molecular complexity index is 1290. The summed E-state index contributed by atoms with van der Waals surface area (Å²) in [5.74, 6) is -0.307. The average Bonchev–Trinajstić information content (AvgIpc) is 3.29. The van der Waals surface area contributed by atoms with E-state index in [4.69, 9.17) is 14.2 Å². The van der Waals surface area contributed by atoms with E-state index in [0.717, 1.165) is 96.3 Å². The van der Waals surface area contributed by atoms with Crippen LogP contribution >= 0.6 is 0 Å². The first-order valence-corrected chi connectivity index (χ1v) is 25.2. The number of carbonyl (C=O) groups is 2. The summed E-state index contributed by atoms with van der Waals surface area (Å²) >= 11 is 0. The first-order chi connectivity index (χ1) is 31.2. The zero-order valence-corrected chi connectivity index (χ0v) is 40.0. The molecule has 11 nitrogen and oxygen atoms in total. The summed E-state index contributed by atoms with van der Waals surface area (Å²) in [4.78, 5) is 25.0. The van der Waals surface area contributed by atoms with Gasteiger partial charge in [0, 0.05) is 12.8 Å². The fraction of sp³-hybridized carbons (Fsp3) is 0.736. The Morgan fingerprint density at radius 3 is 1.73 bits per heavy atom. The third-order valence-corrected chi connectivity index (χ3v) is 11.3. The first-order valence-electron chi connectivity index (χ1n) is 25.2. The van der Waals surface area contributed by atoms with Gasteiger partial charge in [-0.2, -0.15) is 0 Å². The summed E-state index contributed by atoms with van der Waals surface area (Å²) in [6.45, 7) is 3.92. The third-order valence-electron chi connectivity index (χ3n) is 11.3. The zero-order valence-electron chi connectivity index (χ0n) is 40.0. The maximum atomic E-state index is 12.9. The van der Waals surface area contributed by atoms with E-state index in [-0.39, 0.29) is 24.9 Å². The van der Waals surface area contributed by atoms with Gasteiger partial charge >= 0.3 is 5.97 Å². The number of nitrogens with one attached hydrogen (secondary N) is 1. The van der Waals surface area contributed by atoms with Gasteiger partial charge < -0.3 is 45.1 Å². The predicted octanol–water partition coefficient (Wildman–Crippen LogP) is 10.1. The molecule has 1 amide bonds. The van der Waals surface area contributed by atoms with Crippen molar-refractivity contribution < 1.29 is 49.3 Å². The van der Waals surface area contributed by atoms with E-state index in [2.05, 4.69) is 66.9 Å². The third kappa shape index (κ3) is 32.7. The van der Waals surface area contributed by atoms with E-state index < -0.39 is 49.5 Å². The number of aliphatic hydroxyl groups is 5. The van der Waals surface area contributed by atoms with Crippen LogP contribution in [0, 0.1) is 0 Å². The molecule has 368 valence electrons. The van der Waals surface area contributed by atoms with E-state index in [9.17, 15) is 35.1 Å². The number of aliphatic hydroxyl groups excluding tert-OH is 5. The molecule has 6 N–H and O–H groups in total. The van der Waals surface area contributed by atoms with Crippen molar-refractivity contribution in [2.24, 2.45) is 0 Å². The molecule has 1 saturated heterocycles. The smallest absolute Gasteiger partial charge is 0.305 e. The quantitative estimate of drug-likeness (QED) is 0.0197. The van der Waals surface area contributed by atoms with Crippen LogP contribution in [0.1, 0.15) is 187 Å². The lowest BCUT2D eigenvalue weighted by Gasteiger charge is -2.40. The molecule has 0 aromatic carbocycles. The zero-order chi connectivity index (χ0) is 46.7. The maximum absolute atomic E-state index is 12.9. The molecular weight excluding hydrogens is 811 g/mol. The minimum Gasteiger partial charge on any atom is -0.466 e. The van der Waals surface area contributed by atoms with Crippen molar-refractivity contribution in [1.29, 1.82) is 0 Å². The molecular formula is C53H91NO10. The van der Waals surface area contributed by atoms with E-state index in [1.807, 2.05) is 19.1 Å². The summed E-state index contributed by atoms with van der Waals surface area (Å²) in [6, 6.07) is -0.857. The van der Waals surface area contributed by atoms with E-state index in [1.54, 1.807) is 6.08 Å². The Morgan fingerprint density at radius 1 is 0.609 bits per heavy atom. The molecule has 11 heteroatoms. The van der Waals surface area contributed by atoms with Gasteiger partial charge in [-0.1, -0.05) is 138 Å². The maximum Gasteiger partial charge on any atom is 0.305 e. The first kappa shape index (κ1) is 59.1. The minimum atomic E-state index is -1.59. The standard InChI is InChI=1S/C53H91NO10/c1-3-5-7-9-11-13-14-15-16-17-18-21-25-29-33-37-41-49(58)62-42-38-34-30-26-22-19-20-24-28-32-36-40-48(57)54-45(46(56)39-35-31-27-23-12-10-8-6-4-2)44-63-53-52(61)51(60)50(59)47(43-55)64-53/h4,6,12-14,16-17,22-23,26,35,39,45-47,50-53,55-56,59-61H,3,5,7-11,15,18-21,24-25,27-34,36-38,40-44H2,1-2H3,(H,54,57)/b6-4+,14-13-,17-16-,23-12+,26-22-,39-35+. The van der Waals surface area contributed by atoms with Crippen LogP contribution in [-0.4, -0.2) is 100 Å². The highest BCUT2D eigenvalue weighted by Gasteiger charge is 2.44. The number of amides is 1. The molecule has 1 aliphatic heterocycles. The Kier molecular flexibility index (Phi) is 39.5. The molecule has 0 saturated carbocycles. The molecule has 7 atom stereocenters. The Balaban J connectivity index is 2.17. The van der Waals surface area contributed by atoms with Crippen LogP contribution in [-0.2, 0) is 23.8 Å². The number of esters is 1. The van der Waals surface area contributed by atoms with Crippen molar-refractivity contribution in [1.82, 2.24) is 5.32 Å². The number of carbonyl (C=O) groups excluding carboxylic acids is 2. The lowest BCUT2D eigenvalue weighted by atomic mass is 9.99. The molecule has 0 aromatic heterocycles. The molecule has 64 heavy (non-hydrogen) atoms. The summed E-state index contributed by atoms with van der Waals surface area (Å²) in [7, 11) is 0. The van der Waals surface area contributed by atoms with Gasteiger partial charge in [-0.25, -0.2) is 0 Å². The van der Waals surface area contributed by atoms with Gasteiger partial charge in [-0.05, 0) is 110 Å². The second-order valence-corrected chi connectivity index (χ2v) is 17.1. The molecule has 0 aliphatic carbocycles. The summed E-state index contributed by atoms with van der Waals surface area (Å²) < 4.78 is 16.6.